The van der Waals surface area contributed by atoms with Crippen molar-refractivity contribution < 1.29 is 9.90 Å². The van der Waals surface area contributed by atoms with Crippen LogP contribution in [0.5, 0.6) is 0 Å². The molecule has 0 aromatic carbocycles. The number of allylic oxidation sites excluding steroid dienone is 1. The zero-order valence-electron chi connectivity index (χ0n) is 13.4. The minimum Gasteiger partial charge on any atom is -0.396 e. The first-order valence-corrected chi connectivity index (χ1v) is 9.30. The van der Waals surface area contributed by atoms with E-state index in [4.69, 9.17) is 5.73 Å². The molecule has 24 heavy (non-hydrogen) atoms. The average molecular weight is 370 g/mol. The molecule has 0 aliphatic rings. The third kappa shape index (κ3) is 4.07. The number of aromatic nitrogens is 6. The Kier molecular flexibility index (Phi) is 6.23. The van der Waals surface area contributed by atoms with Gasteiger partial charge in [0.2, 0.25) is 22.2 Å². The first kappa shape index (κ1) is 18.3. The number of nitrogens with two attached hydrogens (primary N) is 1. The highest BCUT2D eigenvalue weighted by molar-refractivity contribution is 7.98. The molecule has 0 bridgehead atoms. The Morgan fingerprint density at radius 1 is 1.33 bits per heavy atom. The fourth-order valence-corrected chi connectivity index (χ4v) is 2.55. The zero-order valence-corrected chi connectivity index (χ0v) is 15.0. The number of thioether (sulfide) groups is 2. The van der Waals surface area contributed by atoms with Gasteiger partial charge in [-0.2, -0.15) is 14.6 Å². The van der Waals surface area contributed by atoms with E-state index in [1.807, 2.05) is 6.26 Å². The van der Waals surface area contributed by atoms with Crippen molar-refractivity contribution in [3.63, 3.8) is 0 Å². The predicted molar refractivity (Wildman–Crippen MR) is 93.0 cm³/mol. The molecule has 10 nitrogen and oxygen atoms in total. The van der Waals surface area contributed by atoms with E-state index in [2.05, 4.69) is 30.6 Å². The van der Waals surface area contributed by atoms with Crippen molar-refractivity contribution in [2.24, 2.45) is 0 Å². The maximum absolute atomic E-state index is 12.7. The summed E-state index contributed by atoms with van der Waals surface area (Å²) in [6.07, 6.45) is 3.77. The highest BCUT2D eigenvalue weighted by Crippen LogP contribution is 2.18. The number of H-pyrrole nitrogens is 1. The molecule has 5 N–H and O–H groups in total. The summed E-state index contributed by atoms with van der Waals surface area (Å²) in [6, 6.07) is 0. The minimum absolute atomic E-state index is 0.00285. The normalized spacial score (nSPS) is 12.2. The number of carbonyl (C=O) groups is 1. The molecular formula is C12H18N8O2S2. The van der Waals surface area contributed by atoms with Gasteiger partial charge in [-0.1, -0.05) is 23.5 Å². The van der Waals surface area contributed by atoms with E-state index >= 15 is 0 Å². The number of aliphatic hydroxyl groups excluding tert-OH is 1. The number of anilines is 2. The Labute approximate surface area is 146 Å². The zero-order chi connectivity index (χ0) is 17.7. The summed E-state index contributed by atoms with van der Waals surface area (Å²) in [7, 11) is 0. The van der Waals surface area contributed by atoms with Gasteiger partial charge in [-0.3, -0.25) is 4.79 Å². The summed E-state index contributed by atoms with van der Waals surface area (Å²) in [5.74, 6) is -0.0580. The predicted octanol–water partition coefficient (Wildman–Crippen LogP) is 0.831. The van der Waals surface area contributed by atoms with Gasteiger partial charge in [-0.05, 0) is 19.4 Å². The third-order valence-electron chi connectivity index (χ3n) is 3.01. The van der Waals surface area contributed by atoms with E-state index in [1.54, 1.807) is 13.2 Å². The molecule has 0 amide bonds. The molecule has 2 rings (SSSR count). The third-order valence-corrected chi connectivity index (χ3v) is 4.10. The smallest absolute Gasteiger partial charge is 0.279 e. The van der Waals surface area contributed by atoms with Crippen LogP contribution in [0.1, 0.15) is 18.1 Å². The van der Waals surface area contributed by atoms with Crippen LogP contribution >= 0.6 is 23.5 Å². The SMILES string of the molecule is CSc1n[nH]c(N/C(C)=C(/CCO)C(=O)n2nc(SC)nc2N)n1. The minimum atomic E-state index is -0.455. The van der Waals surface area contributed by atoms with Crippen LogP contribution in [-0.4, -0.2) is 60.1 Å². The quantitative estimate of drug-likeness (QED) is 0.408. The molecule has 0 radical (unpaired) electrons. The van der Waals surface area contributed by atoms with Crippen LogP contribution in [0.3, 0.4) is 0 Å². The van der Waals surface area contributed by atoms with Gasteiger partial charge in [0.15, 0.2) is 0 Å². The molecule has 2 aromatic rings. The highest BCUT2D eigenvalue weighted by Gasteiger charge is 2.20. The van der Waals surface area contributed by atoms with Crippen molar-refractivity contribution in [3.8, 4) is 0 Å². The molecule has 2 heterocycles. The Hall–Kier alpha value is -2.05. The van der Waals surface area contributed by atoms with E-state index in [0.29, 0.717) is 27.5 Å². The van der Waals surface area contributed by atoms with E-state index in [-0.39, 0.29) is 19.0 Å². The van der Waals surface area contributed by atoms with Gasteiger partial charge in [0, 0.05) is 24.3 Å². The standard InChI is InChI=1S/C12H18N8O2S2/c1-6(14-10-16-11(23-2)18-17-10)7(4-5-21)8(22)20-9(13)15-12(19-20)24-3/h21H,4-5H2,1-3H3,(H2,13,15,19)(H2,14,16,17,18)/b7-6-. The Morgan fingerprint density at radius 2 is 2.04 bits per heavy atom. The number of aromatic amines is 1. The summed E-state index contributed by atoms with van der Waals surface area (Å²) >= 11 is 2.67. The number of carbonyl (C=O) groups excluding carboxylic acids is 1. The van der Waals surface area contributed by atoms with Crippen molar-refractivity contribution >= 4 is 41.3 Å². The van der Waals surface area contributed by atoms with Crippen molar-refractivity contribution in [1.82, 2.24) is 29.9 Å². The van der Waals surface area contributed by atoms with Crippen LogP contribution in [0.4, 0.5) is 11.9 Å². The second kappa shape index (κ2) is 8.17. The van der Waals surface area contributed by atoms with E-state index in [0.717, 1.165) is 4.68 Å². The first-order valence-electron chi connectivity index (χ1n) is 6.85. The number of nitrogens with zero attached hydrogens (tertiary/aromatic N) is 5. The van der Waals surface area contributed by atoms with Gasteiger partial charge in [0.05, 0.1) is 0 Å². The van der Waals surface area contributed by atoms with Gasteiger partial charge in [-0.15, -0.1) is 10.2 Å². The lowest BCUT2D eigenvalue weighted by Crippen LogP contribution is -2.21. The van der Waals surface area contributed by atoms with Crippen molar-refractivity contribution in [2.75, 3.05) is 30.2 Å². The molecule has 0 spiro atoms. The number of hydrogen-bond acceptors (Lipinski definition) is 10. The molecule has 0 unspecified atom stereocenters. The van der Waals surface area contributed by atoms with Gasteiger partial charge < -0.3 is 16.2 Å². The molecule has 0 saturated carbocycles. The molecule has 0 aliphatic carbocycles. The first-order chi connectivity index (χ1) is 11.5. The number of nitrogen functional groups attached to an aromatic ring is 1. The van der Waals surface area contributed by atoms with Crippen LogP contribution < -0.4 is 11.1 Å². The van der Waals surface area contributed by atoms with Crippen molar-refractivity contribution in [1.29, 1.82) is 0 Å². The average Bonchev–Trinajstić information content (AvgIpc) is 3.17. The largest absolute Gasteiger partial charge is 0.396 e. The lowest BCUT2D eigenvalue weighted by atomic mass is 10.1. The molecule has 12 heteroatoms. The number of nitrogens with one attached hydrogen (secondary N) is 2. The van der Waals surface area contributed by atoms with Gasteiger partial charge >= 0.3 is 0 Å². The summed E-state index contributed by atoms with van der Waals surface area (Å²) in [4.78, 5) is 20.9. The molecule has 0 aliphatic heterocycles. The Bertz CT molecular complexity index is 754. The molecule has 2 aromatic heterocycles. The maximum atomic E-state index is 12.7. The topological polar surface area (TPSA) is 148 Å². The molecule has 0 atom stereocenters. The molecular weight excluding hydrogens is 352 g/mol. The summed E-state index contributed by atoms with van der Waals surface area (Å²) in [6.45, 7) is 1.50. The number of rotatable bonds is 7. The van der Waals surface area contributed by atoms with Crippen LogP contribution in [0, 0.1) is 0 Å². The number of aliphatic hydroxyl groups is 1. The van der Waals surface area contributed by atoms with Crippen LogP contribution in [0.15, 0.2) is 21.6 Å². The number of hydrogen-bond donors (Lipinski definition) is 4. The van der Waals surface area contributed by atoms with E-state index < -0.39 is 5.91 Å². The van der Waals surface area contributed by atoms with E-state index in [1.165, 1.54) is 23.5 Å². The van der Waals surface area contributed by atoms with Crippen molar-refractivity contribution in [3.05, 3.63) is 11.3 Å². The molecule has 130 valence electrons. The van der Waals surface area contributed by atoms with Gasteiger partial charge in [0.25, 0.3) is 5.91 Å². The lowest BCUT2D eigenvalue weighted by molar-refractivity contribution is 0.0932. The van der Waals surface area contributed by atoms with Gasteiger partial charge in [0.1, 0.15) is 0 Å². The van der Waals surface area contributed by atoms with E-state index in [9.17, 15) is 9.90 Å². The fraction of sp³-hybridized carbons (Fsp3) is 0.417. The van der Waals surface area contributed by atoms with Crippen LogP contribution in [0.25, 0.3) is 0 Å². The Balaban J connectivity index is 2.31. The van der Waals surface area contributed by atoms with Gasteiger partial charge in [-0.25, -0.2) is 5.10 Å². The van der Waals surface area contributed by atoms with Crippen LogP contribution in [0.2, 0.25) is 0 Å². The monoisotopic (exact) mass is 370 g/mol. The molecule has 0 fully saturated rings. The van der Waals surface area contributed by atoms with Crippen molar-refractivity contribution in [2.45, 2.75) is 23.7 Å². The highest BCUT2D eigenvalue weighted by atomic mass is 32.2. The fourth-order valence-electron chi connectivity index (χ4n) is 1.88. The summed E-state index contributed by atoms with van der Waals surface area (Å²) in [5, 5.41) is 24.0. The summed E-state index contributed by atoms with van der Waals surface area (Å²) in [5.41, 5.74) is 6.58. The second-order valence-electron chi connectivity index (χ2n) is 4.55. The maximum Gasteiger partial charge on any atom is 0.279 e. The lowest BCUT2D eigenvalue weighted by Gasteiger charge is -2.11. The molecule has 0 saturated heterocycles. The second-order valence-corrected chi connectivity index (χ2v) is 6.09. The van der Waals surface area contributed by atoms with Crippen LogP contribution in [-0.2, 0) is 0 Å². The summed E-state index contributed by atoms with van der Waals surface area (Å²) < 4.78 is 1.02. The Morgan fingerprint density at radius 3 is 2.58 bits per heavy atom.